The molecule has 1 amide bonds. The van der Waals surface area contributed by atoms with Gasteiger partial charge in [-0.2, -0.15) is 4.72 Å². The summed E-state index contributed by atoms with van der Waals surface area (Å²) < 4.78 is 26.2. The van der Waals surface area contributed by atoms with Crippen LogP contribution in [-0.4, -0.2) is 31.9 Å². The van der Waals surface area contributed by atoms with Gasteiger partial charge >= 0.3 is 0 Å². The molecule has 1 atom stereocenters. The van der Waals surface area contributed by atoms with Crippen molar-refractivity contribution in [2.24, 2.45) is 0 Å². The van der Waals surface area contributed by atoms with Gasteiger partial charge in [-0.05, 0) is 12.8 Å². The van der Waals surface area contributed by atoms with Gasteiger partial charge in [0.1, 0.15) is 10.9 Å². The minimum absolute atomic E-state index is 0.364. The molecule has 0 bridgehead atoms. The first-order chi connectivity index (χ1) is 8.50. The van der Waals surface area contributed by atoms with E-state index in [4.69, 9.17) is 0 Å². The molecule has 1 aliphatic rings. The van der Waals surface area contributed by atoms with E-state index in [9.17, 15) is 18.0 Å². The number of carbonyl (C=O) groups is 1. The van der Waals surface area contributed by atoms with Crippen LogP contribution in [0.1, 0.15) is 12.8 Å². The summed E-state index contributed by atoms with van der Waals surface area (Å²) in [6, 6.07) is 0.304. The molecule has 3 N–H and O–H groups in total. The number of H-pyrrole nitrogens is 1. The molecule has 0 aliphatic carbocycles. The predicted octanol–water partition coefficient (Wildman–Crippen LogP) is -1.07. The minimum Gasteiger partial charge on any atom is -0.366 e. The lowest BCUT2D eigenvalue weighted by atomic mass is 10.1. The molecule has 0 spiro atoms. The summed E-state index contributed by atoms with van der Waals surface area (Å²) in [6.07, 6.45) is 3.57. The van der Waals surface area contributed by atoms with Gasteiger partial charge in [-0.1, -0.05) is 0 Å². The summed E-state index contributed by atoms with van der Waals surface area (Å²) in [5, 5.41) is 2.57. The SMILES string of the molecule is O=C1NCCCC1NS(=O)(=O)c1c[nH]ccc1=O. The smallest absolute Gasteiger partial charge is 0.246 e. The molecule has 1 fully saturated rings. The van der Waals surface area contributed by atoms with Gasteiger partial charge in [-0.3, -0.25) is 9.59 Å². The van der Waals surface area contributed by atoms with E-state index in [2.05, 4.69) is 15.0 Å². The molecule has 1 unspecified atom stereocenters. The van der Waals surface area contributed by atoms with Crippen molar-refractivity contribution >= 4 is 15.9 Å². The van der Waals surface area contributed by atoms with Crippen LogP contribution in [-0.2, 0) is 14.8 Å². The van der Waals surface area contributed by atoms with Crippen molar-refractivity contribution in [3.63, 3.8) is 0 Å². The van der Waals surface area contributed by atoms with E-state index >= 15 is 0 Å². The molecule has 1 aromatic rings. The van der Waals surface area contributed by atoms with Gasteiger partial charge in [0.15, 0.2) is 0 Å². The van der Waals surface area contributed by atoms with Crippen molar-refractivity contribution in [2.75, 3.05) is 6.54 Å². The number of aromatic amines is 1. The highest BCUT2D eigenvalue weighted by Crippen LogP contribution is 2.08. The Bertz CT molecular complexity index is 608. The van der Waals surface area contributed by atoms with Crippen LogP contribution in [0.2, 0.25) is 0 Å². The first-order valence-corrected chi connectivity index (χ1v) is 6.96. The highest BCUT2D eigenvalue weighted by Gasteiger charge is 2.28. The van der Waals surface area contributed by atoms with Crippen molar-refractivity contribution in [1.82, 2.24) is 15.0 Å². The number of amides is 1. The Morgan fingerprint density at radius 2 is 2.11 bits per heavy atom. The van der Waals surface area contributed by atoms with E-state index in [1.807, 2.05) is 0 Å². The second-order valence-corrected chi connectivity index (χ2v) is 5.66. The molecule has 0 saturated carbocycles. The van der Waals surface area contributed by atoms with Gasteiger partial charge in [-0.25, -0.2) is 8.42 Å². The van der Waals surface area contributed by atoms with Crippen LogP contribution in [0.5, 0.6) is 0 Å². The third kappa shape index (κ3) is 2.59. The Morgan fingerprint density at radius 3 is 2.78 bits per heavy atom. The fraction of sp³-hybridized carbons (Fsp3) is 0.400. The monoisotopic (exact) mass is 271 g/mol. The van der Waals surface area contributed by atoms with Gasteiger partial charge < -0.3 is 10.3 Å². The number of hydrogen-bond donors (Lipinski definition) is 3. The van der Waals surface area contributed by atoms with Crippen LogP contribution in [0.4, 0.5) is 0 Å². The lowest BCUT2D eigenvalue weighted by molar-refractivity contribution is -0.124. The Morgan fingerprint density at radius 1 is 1.33 bits per heavy atom. The van der Waals surface area contributed by atoms with Crippen molar-refractivity contribution in [3.8, 4) is 0 Å². The van der Waals surface area contributed by atoms with Gasteiger partial charge in [0, 0.05) is 25.0 Å². The first-order valence-electron chi connectivity index (χ1n) is 5.48. The maximum absolute atomic E-state index is 12.0. The third-order valence-electron chi connectivity index (χ3n) is 2.66. The molecular formula is C10H13N3O4S. The zero-order valence-electron chi connectivity index (χ0n) is 9.47. The first kappa shape index (κ1) is 12.8. The summed E-state index contributed by atoms with van der Waals surface area (Å²) in [5.74, 6) is -0.364. The number of aromatic nitrogens is 1. The summed E-state index contributed by atoms with van der Waals surface area (Å²) >= 11 is 0. The third-order valence-corrected chi connectivity index (χ3v) is 4.15. The van der Waals surface area contributed by atoms with Crippen molar-refractivity contribution in [2.45, 2.75) is 23.8 Å². The van der Waals surface area contributed by atoms with Gasteiger partial charge in [0.2, 0.25) is 21.4 Å². The number of pyridine rings is 1. The maximum Gasteiger partial charge on any atom is 0.246 e. The van der Waals surface area contributed by atoms with Gasteiger partial charge in [-0.15, -0.1) is 0 Å². The number of hydrogen-bond acceptors (Lipinski definition) is 4. The van der Waals surface area contributed by atoms with Crippen molar-refractivity contribution in [3.05, 3.63) is 28.7 Å². The summed E-state index contributed by atoms with van der Waals surface area (Å²) in [4.78, 5) is 25.1. The number of rotatable bonds is 3. The highest BCUT2D eigenvalue weighted by molar-refractivity contribution is 7.89. The summed E-state index contributed by atoms with van der Waals surface area (Å²) in [7, 11) is -3.98. The maximum atomic E-state index is 12.0. The average molecular weight is 271 g/mol. The fourth-order valence-electron chi connectivity index (χ4n) is 1.75. The molecule has 7 nitrogen and oxygen atoms in total. The van der Waals surface area contributed by atoms with Crippen molar-refractivity contribution in [1.29, 1.82) is 0 Å². The lowest BCUT2D eigenvalue weighted by Gasteiger charge is -2.22. The second kappa shape index (κ2) is 4.91. The van der Waals surface area contributed by atoms with E-state index < -0.39 is 21.5 Å². The zero-order valence-corrected chi connectivity index (χ0v) is 10.3. The molecule has 0 aromatic carbocycles. The predicted molar refractivity (Wildman–Crippen MR) is 63.4 cm³/mol. The molecule has 1 saturated heterocycles. The summed E-state index contributed by atoms with van der Waals surface area (Å²) in [6.45, 7) is 0.545. The standard InChI is InChI=1S/C10H13N3O4S/c14-8-3-5-11-6-9(8)18(16,17)13-7-2-1-4-12-10(7)15/h3,5-7,13H,1-2,4H2,(H,11,14)(H,12,15). The van der Waals surface area contributed by atoms with Crippen LogP contribution in [0.3, 0.4) is 0 Å². The Balaban J connectivity index is 2.25. The van der Waals surface area contributed by atoms with E-state index in [0.29, 0.717) is 19.4 Å². The Kier molecular flexibility index (Phi) is 3.48. The number of nitrogens with one attached hydrogen (secondary N) is 3. The number of piperidine rings is 1. The molecule has 2 rings (SSSR count). The normalized spacial score (nSPS) is 20.4. The fourth-order valence-corrected chi connectivity index (χ4v) is 3.03. The van der Waals surface area contributed by atoms with Crippen LogP contribution < -0.4 is 15.5 Å². The molecule has 1 aromatic heterocycles. The molecule has 8 heteroatoms. The Hall–Kier alpha value is -1.67. The zero-order chi connectivity index (χ0) is 13.2. The van der Waals surface area contributed by atoms with Crippen LogP contribution in [0.15, 0.2) is 28.2 Å². The lowest BCUT2D eigenvalue weighted by Crippen LogP contribution is -2.50. The van der Waals surface area contributed by atoms with Crippen molar-refractivity contribution < 1.29 is 13.2 Å². The summed E-state index contributed by atoms with van der Waals surface area (Å²) in [5.41, 5.74) is -0.613. The molecule has 0 radical (unpaired) electrons. The van der Waals surface area contributed by atoms with Crippen LogP contribution in [0, 0.1) is 0 Å². The molecule has 2 heterocycles. The Labute approximate surface area is 104 Å². The van der Waals surface area contributed by atoms with Crippen LogP contribution >= 0.6 is 0 Å². The highest BCUT2D eigenvalue weighted by atomic mass is 32.2. The molecule has 1 aliphatic heterocycles. The van der Waals surface area contributed by atoms with Gasteiger partial charge in [0.05, 0.1) is 0 Å². The van der Waals surface area contributed by atoms with E-state index in [0.717, 1.165) is 12.3 Å². The molecule has 98 valence electrons. The van der Waals surface area contributed by atoms with Gasteiger partial charge in [0.25, 0.3) is 0 Å². The molecular weight excluding hydrogens is 258 g/mol. The second-order valence-electron chi connectivity index (χ2n) is 3.98. The number of sulfonamides is 1. The van der Waals surface area contributed by atoms with E-state index in [1.165, 1.54) is 6.20 Å². The quantitative estimate of drug-likeness (QED) is 0.650. The number of carbonyl (C=O) groups excluding carboxylic acids is 1. The van der Waals surface area contributed by atoms with E-state index in [-0.39, 0.29) is 10.8 Å². The largest absolute Gasteiger partial charge is 0.366 e. The minimum atomic E-state index is -3.98. The average Bonchev–Trinajstić information content (AvgIpc) is 2.32. The van der Waals surface area contributed by atoms with Crippen LogP contribution in [0.25, 0.3) is 0 Å². The molecule has 18 heavy (non-hydrogen) atoms. The van der Waals surface area contributed by atoms with E-state index in [1.54, 1.807) is 0 Å². The topological polar surface area (TPSA) is 108 Å².